The highest BCUT2D eigenvalue weighted by molar-refractivity contribution is 5.86. The molecule has 0 aliphatic carbocycles. The molecule has 1 rings (SSSR count). The van der Waals surface area contributed by atoms with Crippen LogP contribution in [0.4, 0.5) is 0 Å². The lowest BCUT2D eigenvalue weighted by Gasteiger charge is -2.13. The standard InChI is InChI=1S/C21H27N3O9/c1-13(16(25)26)7-4-10-22-19(31)23(11-5-8-14(2)17(27)28)21(33)24(20(22)32)12-6-9-15(3)18(29)30/h7-9H,4-6,10-12H2,1-3H3,(H,25,26)(H,27,28)(H,29,30). The number of allylic oxidation sites excluding steroid dienone is 3. The Bertz CT molecular complexity index is 1010. The van der Waals surface area contributed by atoms with Crippen LogP contribution in [0.25, 0.3) is 0 Å². The fourth-order valence-electron chi connectivity index (χ4n) is 2.75. The van der Waals surface area contributed by atoms with Gasteiger partial charge < -0.3 is 15.3 Å². The third kappa shape index (κ3) is 7.59. The van der Waals surface area contributed by atoms with E-state index in [1.54, 1.807) is 0 Å². The molecule has 0 atom stereocenters. The first kappa shape index (κ1) is 27.1. The zero-order valence-corrected chi connectivity index (χ0v) is 18.6. The fraction of sp³-hybridized carbons (Fsp3) is 0.429. The Morgan fingerprint density at radius 1 is 0.576 bits per heavy atom. The van der Waals surface area contributed by atoms with Crippen LogP contribution in [0.15, 0.2) is 49.3 Å². The second-order valence-electron chi connectivity index (χ2n) is 7.25. The predicted octanol–water partition coefficient (Wildman–Crippen LogP) is 0.435. The van der Waals surface area contributed by atoms with E-state index in [0.717, 1.165) is 13.7 Å². The molecule has 180 valence electrons. The number of carboxylic acid groups (broad SMARTS) is 3. The van der Waals surface area contributed by atoms with Crippen molar-refractivity contribution in [1.29, 1.82) is 0 Å². The summed E-state index contributed by atoms with van der Waals surface area (Å²) in [5.41, 5.74) is -2.62. The molecular formula is C21H27N3O9. The van der Waals surface area contributed by atoms with Gasteiger partial charge in [-0.05, 0) is 40.0 Å². The topological polar surface area (TPSA) is 178 Å². The quantitative estimate of drug-likeness (QED) is 0.369. The second-order valence-corrected chi connectivity index (χ2v) is 7.25. The van der Waals surface area contributed by atoms with E-state index in [1.165, 1.54) is 39.0 Å². The van der Waals surface area contributed by atoms with Gasteiger partial charge >= 0.3 is 35.0 Å². The van der Waals surface area contributed by atoms with E-state index >= 15 is 0 Å². The summed E-state index contributed by atoms with van der Waals surface area (Å²) in [7, 11) is 0. The zero-order chi connectivity index (χ0) is 25.3. The number of aromatic nitrogens is 3. The summed E-state index contributed by atoms with van der Waals surface area (Å²) in [6.45, 7) is 3.53. The minimum atomic E-state index is -1.15. The van der Waals surface area contributed by atoms with Crippen molar-refractivity contribution in [3.8, 4) is 0 Å². The van der Waals surface area contributed by atoms with Crippen LogP contribution >= 0.6 is 0 Å². The Balaban J connectivity index is 3.42. The Labute approximate surface area is 188 Å². The molecular weight excluding hydrogens is 438 g/mol. The summed E-state index contributed by atoms with van der Waals surface area (Å²) in [5.74, 6) is -3.44. The molecule has 0 bridgehead atoms. The summed E-state index contributed by atoms with van der Waals surface area (Å²) in [6.07, 6.45) is 4.15. The number of hydrogen-bond acceptors (Lipinski definition) is 6. The molecule has 33 heavy (non-hydrogen) atoms. The van der Waals surface area contributed by atoms with Crippen molar-refractivity contribution in [3.63, 3.8) is 0 Å². The molecule has 0 radical (unpaired) electrons. The molecule has 0 aromatic carbocycles. The maximum absolute atomic E-state index is 12.8. The summed E-state index contributed by atoms with van der Waals surface area (Å²) < 4.78 is 2.40. The van der Waals surface area contributed by atoms with Crippen LogP contribution in [0.2, 0.25) is 0 Å². The third-order valence-electron chi connectivity index (χ3n) is 4.81. The maximum atomic E-state index is 12.8. The van der Waals surface area contributed by atoms with Crippen LogP contribution in [-0.4, -0.2) is 46.9 Å². The first-order chi connectivity index (χ1) is 15.4. The molecule has 0 amide bonds. The first-order valence-electron chi connectivity index (χ1n) is 10.0. The molecule has 0 saturated carbocycles. The predicted molar refractivity (Wildman–Crippen MR) is 117 cm³/mol. The first-order valence-corrected chi connectivity index (χ1v) is 10.0. The monoisotopic (exact) mass is 465 g/mol. The van der Waals surface area contributed by atoms with Gasteiger partial charge in [0.1, 0.15) is 0 Å². The Morgan fingerprint density at radius 2 is 0.788 bits per heavy atom. The molecule has 1 aromatic heterocycles. The molecule has 1 heterocycles. The smallest absolute Gasteiger partial charge is 0.336 e. The van der Waals surface area contributed by atoms with E-state index < -0.39 is 35.0 Å². The summed E-state index contributed by atoms with van der Waals surface area (Å²) in [4.78, 5) is 71.2. The van der Waals surface area contributed by atoms with Crippen molar-refractivity contribution in [1.82, 2.24) is 13.7 Å². The number of hydrogen-bond donors (Lipinski definition) is 3. The lowest BCUT2D eigenvalue weighted by Crippen LogP contribution is -2.54. The van der Waals surface area contributed by atoms with Crippen LogP contribution < -0.4 is 17.1 Å². The molecule has 0 spiro atoms. The van der Waals surface area contributed by atoms with Crippen LogP contribution in [-0.2, 0) is 34.0 Å². The highest BCUT2D eigenvalue weighted by Gasteiger charge is 2.15. The van der Waals surface area contributed by atoms with E-state index in [4.69, 9.17) is 15.3 Å². The molecule has 1 aromatic rings. The zero-order valence-electron chi connectivity index (χ0n) is 18.6. The van der Waals surface area contributed by atoms with E-state index in [9.17, 15) is 28.8 Å². The van der Waals surface area contributed by atoms with Crippen molar-refractivity contribution in [3.05, 3.63) is 66.4 Å². The van der Waals surface area contributed by atoms with Crippen molar-refractivity contribution >= 4 is 17.9 Å². The number of rotatable bonds is 12. The van der Waals surface area contributed by atoms with E-state index in [1.807, 2.05) is 0 Å². The minimum absolute atomic E-state index is 0.0280. The molecule has 0 aliphatic heterocycles. The van der Waals surface area contributed by atoms with E-state index in [2.05, 4.69) is 0 Å². The molecule has 12 heteroatoms. The Kier molecular flexibility index (Phi) is 9.99. The lowest BCUT2D eigenvalue weighted by molar-refractivity contribution is -0.133. The van der Waals surface area contributed by atoms with Gasteiger partial charge in [-0.1, -0.05) is 18.2 Å². The normalized spacial score (nSPS) is 12.6. The van der Waals surface area contributed by atoms with Gasteiger partial charge in [0.25, 0.3) is 0 Å². The van der Waals surface area contributed by atoms with Crippen molar-refractivity contribution in [2.24, 2.45) is 0 Å². The van der Waals surface area contributed by atoms with Gasteiger partial charge in [-0.15, -0.1) is 0 Å². The number of aliphatic carboxylic acids is 3. The van der Waals surface area contributed by atoms with Gasteiger partial charge in [-0.2, -0.15) is 0 Å². The van der Waals surface area contributed by atoms with Crippen LogP contribution in [0, 0.1) is 0 Å². The fourth-order valence-corrected chi connectivity index (χ4v) is 2.75. The highest BCUT2D eigenvalue weighted by atomic mass is 16.4. The number of carbonyl (C=O) groups is 3. The Morgan fingerprint density at radius 3 is 0.970 bits per heavy atom. The lowest BCUT2D eigenvalue weighted by atomic mass is 10.2. The number of carboxylic acids is 3. The van der Waals surface area contributed by atoms with Gasteiger partial charge in [0.2, 0.25) is 0 Å². The van der Waals surface area contributed by atoms with Gasteiger partial charge in [0, 0.05) is 36.4 Å². The van der Waals surface area contributed by atoms with Gasteiger partial charge in [-0.3, -0.25) is 0 Å². The van der Waals surface area contributed by atoms with Crippen molar-refractivity contribution in [2.45, 2.75) is 59.7 Å². The summed E-state index contributed by atoms with van der Waals surface area (Å²) in [5, 5.41) is 26.8. The second kappa shape index (κ2) is 12.2. The highest BCUT2D eigenvalue weighted by Crippen LogP contribution is 1.99. The molecule has 0 saturated heterocycles. The van der Waals surface area contributed by atoms with Crippen molar-refractivity contribution < 1.29 is 29.7 Å². The summed E-state index contributed by atoms with van der Waals surface area (Å²) in [6, 6.07) is 0. The minimum Gasteiger partial charge on any atom is -0.478 e. The number of nitrogens with zero attached hydrogens (tertiary/aromatic N) is 3. The van der Waals surface area contributed by atoms with Crippen LogP contribution in [0.1, 0.15) is 40.0 Å². The molecule has 0 unspecified atom stereocenters. The van der Waals surface area contributed by atoms with Gasteiger partial charge in [0.05, 0.1) is 0 Å². The van der Waals surface area contributed by atoms with Crippen LogP contribution in [0.3, 0.4) is 0 Å². The average Bonchev–Trinajstić information content (AvgIpc) is 2.74. The van der Waals surface area contributed by atoms with E-state index in [-0.39, 0.29) is 55.6 Å². The SMILES string of the molecule is CC(=CCCn1c(=O)n(CCC=C(C)C(=O)O)c(=O)n(CCC=C(C)C(=O)O)c1=O)C(=O)O. The average molecular weight is 465 g/mol. The van der Waals surface area contributed by atoms with Crippen LogP contribution in [0.5, 0.6) is 0 Å². The molecule has 0 aliphatic rings. The van der Waals surface area contributed by atoms with E-state index in [0.29, 0.717) is 0 Å². The maximum Gasteiger partial charge on any atom is 0.336 e. The molecule has 3 N–H and O–H groups in total. The van der Waals surface area contributed by atoms with Crippen molar-refractivity contribution in [2.75, 3.05) is 0 Å². The molecule has 12 nitrogen and oxygen atoms in total. The molecule has 0 fully saturated rings. The third-order valence-corrected chi connectivity index (χ3v) is 4.81. The summed E-state index contributed by atoms with van der Waals surface area (Å²) >= 11 is 0. The van der Waals surface area contributed by atoms with Gasteiger partial charge in [0.15, 0.2) is 0 Å². The Hall–Kier alpha value is -3.96. The van der Waals surface area contributed by atoms with Gasteiger partial charge in [-0.25, -0.2) is 42.5 Å². The largest absolute Gasteiger partial charge is 0.478 e.